The molecule has 0 fully saturated rings. The van der Waals surface area contributed by atoms with Gasteiger partial charge in [-0.2, -0.15) is 0 Å². The number of rotatable bonds is 10. The number of para-hydroxylation sites is 1. The number of anilines is 1. The van der Waals surface area contributed by atoms with Gasteiger partial charge >= 0.3 is 0 Å². The third-order valence-corrected chi connectivity index (χ3v) is 3.41. The van der Waals surface area contributed by atoms with Crippen LogP contribution >= 0.6 is 0 Å². The fourth-order valence-corrected chi connectivity index (χ4v) is 2.19. The molecule has 0 spiro atoms. The van der Waals surface area contributed by atoms with Gasteiger partial charge in [-0.05, 0) is 49.7 Å². The Hall–Kier alpha value is -2.53. The molecular formula is C20H25NO4. The molecule has 0 atom stereocenters. The lowest BCUT2D eigenvalue weighted by atomic mass is 10.2. The summed E-state index contributed by atoms with van der Waals surface area (Å²) in [6, 6.07) is 14.5. The van der Waals surface area contributed by atoms with Gasteiger partial charge in [0.05, 0.1) is 18.8 Å². The summed E-state index contributed by atoms with van der Waals surface area (Å²) in [5.41, 5.74) is 1.22. The summed E-state index contributed by atoms with van der Waals surface area (Å²) in [5.74, 6) is 1.14. The van der Waals surface area contributed by atoms with Crippen LogP contribution in [0.25, 0.3) is 0 Å². The van der Waals surface area contributed by atoms with Gasteiger partial charge in [0.15, 0.2) is 0 Å². The van der Waals surface area contributed by atoms with Crippen LogP contribution in [0.4, 0.5) is 5.69 Å². The molecule has 2 aromatic rings. The third-order valence-electron chi connectivity index (χ3n) is 3.41. The maximum atomic E-state index is 12.5. The van der Waals surface area contributed by atoms with Gasteiger partial charge in [0.25, 0.3) is 5.91 Å². The second-order valence-electron chi connectivity index (χ2n) is 5.37. The van der Waals surface area contributed by atoms with E-state index in [9.17, 15) is 4.79 Å². The van der Waals surface area contributed by atoms with E-state index < -0.39 is 0 Å². The molecule has 5 heteroatoms. The van der Waals surface area contributed by atoms with Crippen LogP contribution in [0.5, 0.6) is 11.5 Å². The first-order valence-corrected chi connectivity index (χ1v) is 8.58. The minimum atomic E-state index is -0.197. The fraction of sp³-hybridized carbons (Fsp3) is 0.350. The number of benzene rings is 2. The molecule has 0 bridgehead atoms. The van der Waals surface area contributed by atoms with Gasteiger partial charge in [0.2, 0.25) is 0 Å². The van der Waals surface area contributed by atoms with Crippen LogP contribution in [-0.4, -0.2) is 32.3 Å². The van der Waals surface area contributed by atoms with Crippen LogP contribution in [0.15, 0.2) is 48.5 Å². The van der Waals surface area contributed by atoms with Crippen molar-refractivity contribution in [3.05, 3.63) is 54.1 Å². The molecule has 1 amide bonds. The summed E-state index contributed by atoms with van der Waals surface area (Å²) < 4.78 is 16.4. The monoisotopic (exact) mass is 343 g/mol. The average Bonchev–Trinajstić information content (AvgIpc) is 2.65. The molecule has 2 aromatic carbocycles. The van der Waals surface area contributed by atoms with Gasteiger partial charge in [0, 0.05) is 12.3 Å². The van der Waals surface area contributed by atoms with Crippen molar-refractivity contribution in [2.45, 2.75) is 20.3 Å². The predicted octanol–water partition coefficient (Wildman–Crippen LogP) is 4.14. The van der Waals surface area contributed by atoms with Crippen molar-refractivity contribution in [2.75, 3.05) is 31.7 Å². The lowest BCUT2D eigenvalue weighted by Gasteiger charge is -2.11. The van der Waals surface area contributed by atoms with Crippen molar-refractivity contribution in [3.63, 3.8) is 0 Å². The normalized spacial score (nSPS) is 10.3. The number of amides is 1. The Morgan fingerprint density at radius 2 is 1.68 bits per heavy atom. The molecule has 0 heterocycles. The van der Waals surface area contributed by atoms with E-state index in [2.05, 4.69) is 5.32 Å². The highest BCUT2D eigenvalue weighted by Gasteiger charge is 2.12. The van der Waals surface area contributed by atoms with Crippen molar-refractivity contribution in [2.24, 2.45) is 0 Å². The van der Waals surface area contributed by atoms with Gasteiger partial charge < -0.3 is 19.5 Å². The zero-order chi connectivity index (χ0) is 17.9. The summed E-state index contributed by atoms with van der Waals surface area (Å²) in [4.78, 5) is 12.5. The summed E-state index contributed by atoms with van der Waals surface area (Å²) in [6.45, 7) is 6.30. The van der Waals surface area contributed by atoms with Crippen molar-refractivity contribution in [1.82, 2.24) is 0 Å². The third kappa shape index (κ3) is 6.12. The first-order chi connectivity index (χ1) is 12.2. The van der Waals surface area contributed by atoms with E-state index >= 15 is 0 Å². The molecule has 0 saturated heterocycles. The fourth-order valence-electron chi connectivity index (χ4n) is 2.19. The molecule has 0 radical (unpaired) electrons. The van der Waals surface area contributed by atoms with Gasteiger partial charge in [-0.3, -0.25) is 4.79 Å². The smallest absolute Gasteiger partial charge is 0.259 e. The standard InChI is InChI=1S/C20H25NO4/c1-3-13-25-19-8-6-5-7-18(19)20(22)21-16-9-11-17(12-10-16)24-15-14-23-4-2/h5-12H,3-4,13-15H2,1-2H3,(H,21,22). The quantitative estimate of drug-likeness (QED) is 0.659. The van der Waals surface area contributed by atoms with E-state index in [1.54, 1.807) is 12.1 Å². The SMILES string of the molecule is CCCOc1ccccc1C(=O)Nc1ccc(OCCOCC)cc1. The maximum absolute atomic E-state index is 12.5. The van der Waals surface area contributed by atoms with Crippen molar-refractivity contribution < 1.29 is 19.0 Å². The van der Waals surface area contributed by atoms with Crippen LogP contribution in [0, 0.1) is 0 Å². The van der Waals surface area contributed by atoms with Gasteiger partial charge in [-0.15, -0.1) is 0 Å². The molecule has 134 valence electrons. The van der Waals surface area contributed by atoms with Crippen LogP contribution in [-0.2, 0) is 4.74 Å². The first kappa shape index (κ1) is 18.8. The number of carbonyl (C=O) groups excluding carboxylic acids is 1. The van der Waals surface area contributed by atoms with Gasteiger partial charge in [0.1, 0.15) is 18.1 Å². The van der Waals surface area contributed by atoms with Gasteiger partial charge in [-0.25, -0.2) is 0 Å². The Balaban J connectivity index is 1.94. The number of hydrogen-bond donors (Lipinski definition) is 1. The van der Waals surface area contributed by atoms with Gasteiger partial charge in [-0.1, -0.05) is 19.1 Å². The lowest BCUT2D eigenvalue weighted by Crippen LogP contribution is -2.14. The Morgan fingerprint density at radius 1 is 0.920 bits per heavy atom. The van der Waals surface area contributed by atoms with Crippen LogP contribution in [0.3, 0.4) is 0 Å². The molecule has 1 N–H and O–H groups in total. The Morgan fingerprint density at radius 3 is 2.40 bits per heavy atom. The van der Waals surface area contributed by atoms with Crippen LogP contribution in [0.1, 0.15) is 30.6 Å². The molecule has 0 aliphatic heterocycles. The predicted molar refractivity (Wildman–Crippen MR) is 98.6 cm³/mol. The minimum absolute atomic E-state index is 0.197. The Labute approximate surface area is 148 Å². The second-order valence-corrected chi connectivity index (χ2v) is 5.37. The molecular weight excluding hydrogens is 318 g/mol. The van der Waals surface area contributed by atoms with Crippen LogP contribution < -0.4 is 14.8 Å². The Bertz CT molecular complexity index is 655. The molecule has 25 heavy (non-hydrogen) atoms. The number of ether oxygens (including phenoxy) is 3. The van der Waals surface area contributed by atoms with Crippen LogP contribution in [0.2, 0.25) is 0 Å². The van der Waals surface area contributed by atoms with E-state index in [4.69, 9.17) is 14.2 Å². The lowest BCUT2D eigenvalue weighted by molar-refractivity contribution is 0.102. The van der Waals surface area contributed by atoms with E-state index in [0.717, 1.165) is 12.2 Å². The maximum Gasteiger partial charge on any atom is 0.259 e. The Kier molecular flexibility index (Phi) is 7.79. The van der Waals surface area contributed by atoms with Crippen molar-refractivity contribution in [3.8, 4) is 11.5 Å². The highest BCUT2D eigenvalue weighted by molar-refractivity contribution is 6.06. The van der Waals surface area contributed by atoms with E-state index in [1.807, 2.05) is 50.2 Å². The molecule has 0 aliphatic rings. The largest absolute Gasteiger partial charge is 0.493 e. The first-order valence-electron chi connectivity index (χ1n) is 8.58. The van der Waals surface area contributed by atoms with E-state index in [-0.39, 0.29) is 5.91 Å². The van der Waals surface area contributed by atoms with E-state index in [0.29, 0.717) is 43.4 Å². The van der Waals surface area contributed by atoms with Crippen molar-refractivity contribution in [1.29, 1.82) is 0 Å². The summed E-state index contributed by atoms with van der Waals surface area (Å²) in [7, 11) is 0. The highest BCUT2D eigenvalue weighted by atomic mass is 16.5. The molecule has 0 aliphatic carbocycles. The molecule has 0 saturated carbocycles. The summed E-state index contributed by atoms with van der Waals surface area (Å²) in [6.07, 6.45) is 0.890. The number of nitrogens with one attached hydrogen (secondary N) is 1. The number of hydrogen-bond acceptors (Lipinski definition) is 4. The molecule has 5 nitrogen and oxygen atoms in total. The molecule has 0 aromatic heterocycles. The molecule has 2 rings (SSSR count). The minimum Gasteiger partial charge on any atom is -0.493 e. The molecule has 0 unspecified atom stereocenters. The highest BCUT2D eigenvalue weighted by Crippen LogP contribution is 2.21. The van der Waals surface area contributed by atoms with E-state index in [1.165, 1.54) is 0 Å². The number of carbonyl (C=O) groups is 1. The topological polar surface area (TPSA) is 56.8 Å². The summed E-state index contributed by atoms with van der Waals surface area (Å²) >= 11 is 0. The summed E-state index contributed by atoms with van der Waals surface area (Å²) in [5, 5.41) is 2.88. The second kappa shape index (κ2) is 10.4. The zero-order valence-corrected chi connectivity index (χ0v) is 14.8. The zero-order valence-electron chi connectivity index (χ0n) is 14.8. The average molecular weight is 343 g/mol. The van der Waals surface area contributed by atoms with Crippen molar-refractivity contribution >= 4 is 11.6 Å².